The molecule has 0 aromatic heterocycles. The van der Waals surface area contributed by atoms with Gasteiger partial charge < -0.3 is 28.6 Å². The molecule has 0 heterocycles. The Morgan fingerprint density at radius 2 is 0.836 bits per heavy atom. The third kappa shape index (κ3) is 47.9. The van der Waals surface area contributed by atoms with E-state index < -0.39 is 18.1 Å². The highest BCUT2D eigenvalue weighted by atomic mass is 16.6. The predicted molar refractivity (Wildman–Crippen MR) is 282 cm³/mol. The molecule has 388 valence electrons. The minimum Gasteiger partial charge on any atom is -0.544 e. The monoisotopic (exact) mass is 940 g/mol. The minimum atomic E-state index is -1.13. The zero-order valence-corrected chi connectivity index (χ0v) is 44.3. The van der Waals surface area contributed by atoms with Crippen LogP contribution in [0, 0.1) is 0 Å². The first-order chi connectivity index (χ1) is 32.6. The molecule has 0 aromatic rings. The van der Waals surface area contributed by atoms with Crippen molar-refractivity contribution in [3.05, 3.63) is 60.8 Å². The number of likely N-dealkylation sites (N-methyl/N-ethyl adjacent to an activating group) is 1. The van der Waals surface area contributed by atoms with E-state index in [0.717, 1.165) is 70.6 Å². The van der Waals surface area contributed by atoms with Crippen molar-refractivity contribution in [3.8, 4) is 0 Å². The molecule has 2 unspecified atom stereocenters. The van der Waals surface area contributed by atoms with Gasteiger partial charge in [0.25, 0.3) is 0 Å². The third-order valence-electron chi connectivity index (χ3n) is 12.4. The Kier molecular flexibility index (Phi) is 47.3. The molecule has 0 spiro atoms. The number of nitrogens with zero attached hydrogens (tertiary/aromatic N) is 1. The van der Waals surface area contributed by atoms with Gasteiger partial charge in [-0.25, -0.2) is 0 Å². The summed E-state index contributed by atoms with van der Waals surface area (Å²) < 4.78 is 17.2. The summed E-state index contributed by atoms with van der Waals surface area (Å²) in [5, 5.41) is 11.7. The molecule has 0 aromatic carbocycles. The lowest BCUT2D eigenvalue weighted by atomic mass is 10.0. The highest BCUT2D eigenvalue weighted by Gasteiger charge is 2.25. The zero-order chi connectivity index (χ0) is 49.2. The summed E-state index contributed by atoms with van der Waals surface area (Å²) in [5.74, 6) is -1.77. The standard InChI is InChI=1S/C59H105NO7/c1-6-8-10-12-14-16-18-20-22-24-26-27-28-29-30-32-33-35-37-39-41-43-45-47-49-57(61)66-54-55(53-65-52-51-56(59(63)64)60(3,4)5)67-58(62)50-48-46-44-42-40-38-36-34-31-25-23-21-19-17-15-13-11-9-7-2/h9,11,15,17,21,23,31,34,38,40,55-56H,6-8,10,12-14,16,18-20,22,24-30,32-33,35-37,39,41-54H2,1-5H3/b11-9-,17-15-,23-21-,34-31-,40-38-. The highest BCUT2D eigenvalue weighted by Crippen LogP contribution is 2.17. The van der Waals surface area contributed by atoms with Crippen molar-refractivity contribution in [1.29, 1.82) is 0 Å². The molecular formula is C59H105NO7. The number of quaternary nitrogens is 1. The molecule has 0 saturated heterocycles. The van der Waals surface area contributed by atoms with Crippen LogP contribution in [0.1, 0.15) is 245 Å². The maximum Gasteiger partial charge on any atom is 0.306 e. The van der Waals surface area contributed by atoms with Gasteiger partial charge in [-0.15, -0.1) is 0 Å². The minimum absolute atomic E-state index is 0.0273. The number of hydrogen-bond donors (Lipinski definition) is 0. The number of hydrogen-bond acceptors (Lipinski definition) is 7. The molecule has 0 aliphatic rings. The van der Waals surface area contributed by atoms with Crippen LogP contribution in [0.4, 0.5) is 0 Å². The number of rotatable bonds is 50. The van der Waals surface area contributed by atoms with Crippen LogP contribution in [0.3, 0.4) is 0 Å². The molecule has 0 rings (SSSR count). The number of ether oxygens (including phenoxy) is 3. The fourth-order valence-corrected chi connectivity index (χ4v) is 8.16. The van der Waals surface area contributed by atoms with Gasteiger partial charge in [-0.2, -0.15) is 0 Å². The summed E-state index contributed by atoms with van der Waals surface area (Å²) in [4.78, 5) is 37.1. The van der Waals surface area contributed by atoms with E-state index in [9.17, 15) is 19.5 Å². The van der Waals surface area contributed by atoms with Gasteiger partial charge in [0.2, 0.25) is 0 Å². The fraction of sp³-hybridized carbons (Fsp3) is 0.780. The molecule has 0 N–H and O–H groups in total. The molecule has 0 fully saturated rings. The first-order valence-electron chi connectivity index (χ1n) is 27.8. The summed E-state index contributed by atoms with van der Waals surface area (Å²) in [6.07, 6.45) is 62.7. The molecule has 8 nitrogen and oxygen atoms in total. The van der Waals surface area contributed by atoms with Crippen molar-refractivity contribution < 1.29 is 38.2 Å². The van der Waals surface area contributed by atoms with E-state index >= 15 is 0 Å². The van der Waals surface area contributed by atoms with Crippen molar-refractivity contribution in [3.63, 3.8) is 0 Å². The van der Waals surface area contributed by atoms with Gasteiger partial charge in [-0.1, -0.05) is 229 Å². The zero-order valence-electron chi connectivity index (χ0n) is 44.3. The second-order valence-corrected chi connectivity index (χ2v) is 19.8. The van der Waals surface area contributed by atoms with Crippen molar-refractivity contribution in [2.45, 2.75) is 257 Å². The van der Waals surface area contributed by atoms with Crippen molar-refractivity contribution in [2.75, 3.05) is 41.0 Å². The van der Waals surface area contributed by atoms with Crippen molar-refractivity contribution in [1.82, 2.24) is 0 Å². The Hall–Kier alpha value is -2.97. The molecule has 8 heteroatoms. The van der Waals surface area contributed by atoms with Crippen LogP contribution in [-0.2, 0) is 28.6 Å². The van der Waals surface area contributed by atoms with Gasteiger partial charge in [-0.05, 0) is 57.8 Å². The predicted octanol–water partition coefficient (Wildman–Crippen LogP) is 15.1. The maximum absolute atomic E-state index is 12.8. The molecule has 2 atom stereocenters. The molecule has 0 radical (unpaired) electrons. The average molecular weight is 940 g/mol. The smallest absolute Gasteiger partial charge is 0.306 e. The Balaban J connectivity index is 4.20. The maximum atomic E-state index is 12.8. The first kappa shape index (κ1) is 64.0. The van der Waals surface area contributed by atoms with E-state index in [0.29, 0.717) is 12.8 Å². The van der Waals surface area contributed by atoms with E-state index in [1.807, 2.05) is 0 Å². The second-order valence-electron chi connectivity index (χ2n) is 19.8. The van der Waals surface area contributed by atoms with Crippen LogP contribution in [0.25, 0.3) is 0 Å². The summed E-state index contributed by atoms with van der Waals surface area (Å²) >= 11 is 0. The molecule has 0 amide bonds. The normalized spacial score (nSPS) is 13.3. The van der Waals surface area contributed by atoms with Gasteiger partial charge in [0.15, 0.2) is 6.10 Å². The average Bonchev–Trinajstić information content (AvgIpc) is 3.29. The number of allylic oxidation sites excluding steroid dienone is 10. The SMILES string of the molecule is CC/C=C\C/C=C\C/C=C\C/C=C\C/C=C\CCCCCC(=O)OC(COCCC(C(=O)[O-])[N+](C)(C)C)COC(=O)CCCCCCCCCCCCCCCCCCCCCCCCCC. The second kappa shape index (κ2) is 49.5. The largest absolute Gasteiger partial charge is 0.544 e. The molecular weight excluding hydrogens is 835 g/mol. The van der Waals surface area contributed by atoms with Crippen LogP contribution in [0.5, 0.6) is 0 Å². The van der Waals surface area contributed by atoms with E-state index in [1.165, 1.54) is 135 Å². The van der Waals surface area contributed by atoms with Crippen molar-refractivity contribution in [2.24, 2.45) is 0 Å². The summed E-state index contributed by atoms with van der Waals surface area (Å²) in [5.41, 5.74) is 0. The number of carbonyl (C=O) groups is 3. The Bertz CT molecular complexity index is 1280. The fourth-order valence-electron chi connectivity index (χ4n) is 8.16. The number of aliphatic carboxylic acids is 1. The van der Waals surface area contributed by atoms with E-state index in [-0.39, 0.29) is 49.1 Å². The summed E-state index contributed by atoms with van der Waals surface area (Å²) in [7, 11) is 5.41. The van der Waals surface area contributed by atoms with E-state index in [1.54, 1.807) is 21.1 Å². The number of carbonyl (C=O) groups excluding carboxylic acids is 3. The Morgan fingerprint density at radius 1 is 0.463 bits per heavy atom. The van der Waals surface area contributed by atoms with Crippen LogP contribution in [-0.4, -0.2) is 75.5 Å². The quantitative estimate of drug-likeness (QED) is 0.0259. The van der Waals surface area contributed by atoms with Gasteiger partial charge in [0.05, 0.1) is 40.3 Å². The number of carboxylic acids is 1. The third-order valence-corrected chi connectivity index (χ3v) is 12.4. The molecule has 0 saturated carbocycles. The lowest BCUT2D eigenvalue weighted by molar-refractivity contribution is -0.889. The van der Waals surface area contributed by atoms with E-state index in [2.05, 4.69) is 74.6 Å². The van der Waals surface area contributed by atoms with Crippen LogP contribution >= 0.6 is 0 Å². The molecule has 0 bridgehead atoms. The molecule has 0 aliphatic heterocycles. The summed E-state index contributed by atoms with van der Waals surface area (Å²) in [6.45, 7) is 4.55. The van der Waals surface area contributed by atoms with E-state index in [4.69, 9.17) is 14.2 Å². The first-order valence-corrected chi connectivity index (χ1v) is 27.8. The topological polar surface area (TPSA) is 102 Å². The van der Waals surface area contributed by atoms with Crippen LogP contribution < -0.4 is 5.11 Å². The molecule has 0 aliphatic carbocycles. The van der Waals surface area contributed by atoms with Gasteiger partial charge in [0, 0.05) is 19.3 Å². The van der Waals surface area contributed by atoms with Gasteiger partial charge in [-0.3, -0.25) is 9.59 Å². The van der Waals surface area contributed by atoms with Crippen LogP contribution in [0.2, 0.25) is 0 Å². The number of carboxylic acid groups (broad SMARTS) is 1. The van der Waals surface area contributed by atoms with Gasteiger partial charge >= 0.3 is 11.9 Å². The van der Waals surface area contributed by atoms with Crippen LogP contribution in [0.15, 0.2) is 60.8 Å². The summed E-state index contributed by atoms with van der Waals surface area (Å²) in [6, 6.07) is -0.734. The Labute approximate surface area is 413 Å². The lowest BCUT2D eigenvalue weighted by Gasteiger charge is -2.34. The lowest BCUT2D eigenvalue weighted by Crippen LogP contribution is -2.55. The van der Waals surface area contributed by atoms with Crippen molar-refractivity contribution >= 4 is 17.9 Å². The highest BCUT2D eigenvalue weighted by molar-refractivity contribution is 5.70. The number of unbranched alkanes of at least 4 members (excludes halogenated alkanes) is 26. The van der Waals surface area contributed by atoms with Gasteiger partial charge in [0.1, 0.15) is 12.6 Å². The number of esters is 2. The Morgan fingerprint density at radius 3 is 1.24 bits per heavy atom. The molecule has 67 heavy (non-hydrogen) atoms.